The van der Waals surface area contributed by atoms with Crippen molar-refractivity contribution in [3.63, 3.8) is 0 Å². The predicted octanol–water partition coefficient (Wildman–Crippen LogP) is 2.80. The Labute approximate surface area is 163 Å². The summed E-state index contributed by atoms with van der Waals surface area (Å²) >= 11 is 0. The van der Waals surface area contributed by atoms with Crippen LogP contribution in [0.4, 0.5) is 0 Å². The zero-order valence-corrected chi connectivity index (χ0v) is 15.9. The average Bonchev–Trinajstić information content (AvgIpc) is 3.16. The molecule has 0 saturated carbocycles. The molecule has 7 nitrogen and oxygen atoms in total. The van der Waals surface area contributed by atoms with Crippen LogP contribution in [-0.4, -0.2) is 28.0 Å². The van der Waals surface area contributed by atoms with Crippen LogP contribution in [0.15, 0.2) is 48.5 Å². The maximum Gasteiger partial charge on any atom is 0.274 e. The van der Waals surface area contributed by atoms with Crippen LogP contribution in [0.1, 0.15) is 39.0 Å². The summed E-state index contributed by atoms with van der Waals surface area (Å²) in [6.07, 6.45) is -0.136. The van der Waals surface area contributed by atoms with Gasteiger partial charge in [0.1, 0.15) is 11.9 Å². The van der Waals surface area contributed by atoms with Crippen molar-refractivity contribution in [1.82, 2.24) is 20.3 Å². The summed E-state index contributed by atoms with van der Waals surface area (Å²) in [5, 5.41) is 11.2. The molecule has 1 N–H and O–H groups in total. The highest BCUT2D eigenvalue weighted by Crippen LogP contribution is 2.28. The molecule has 0 saturated heterocycles. The maximum atomic E-state index is 12.6. The van der Waals surface area contributed by atoms with Crippen molar-refractivity contribution >= 4 is 5.91 Å². The number of rotatable bonds is 5. The SMILES string of the molecule is COc1ccc(C2Cn3nnc(C(=O)NCc4ccccc4C)c3CO2)cc1. The van der Waals surface area contributed by atoms with E-state index < -0.39 is 0 Å². The fraction of sp³-hybridized carbons (Fsp3) is 0.286. The minimum atomic E-state index is -0.240. The minimum absolute atomic E-state index is 0.136. The lowest BCUT2D eigenvalue weighted by molar-refractivity contribution is -0.00179. The van der Waals surface area contributed by atoms with Crippen LogP contribution in [0, 0.1) is 6.92 Å². The molecule has 28 heavy (non-hydrogen) atoms. The Kier molecular flexibility index (Phi) is 5.08. The fourth-order valence-electron chi connectivity index (χ4n) is 3.28. The standard InChI is InChI=1S/C21H22N4O3/c1-14-5-3-4-6-16(14)11-22-21(26)20-18-13-28-19(12-25(18)24-23-20)15-7-9-17(27-2)10-8-15/h3-10,19H,11-13H2,1-2H3,(H,22,26). The largest absolute Gasteiger partial charge is 0.497 e. The van der Waals surface area contributed by atoms with Crippen LogP contribution in [0.25, 0.3) is 0 Å². The van der Waals surface area contributed by atoms with Crippen LogP contribution in [0.3, 0.4) is 0 Å². The van der Waals surface area contributed by atoms with Crippen molar-refractivity contribution in [3.8, 4) is 5.75 Å². The number of aryl methyl sites for hydroxylation is 1. The molecule has 4 rings (SSSR count). The van der Waals surface area contributed by atoms with Gasteiger partial charge in [-0.25, -0.2) is 4.68 Å². The van der Waals surface area contributed by atoms with Crippen LogP contribution in [0.2, 0.25) is 0 Å². The highest BCUT2D eigenvalue weighted by molar-refractivity contribution is 5.93. The van der Waals surface area contributed by atoms with Crippen LogP contribution >= 0.6 is 0 Å². The second kappa shape index (κ2) is 7.82. The first-order valence-electron chi connectivity index (χ1n) is 9.16. The summed E-state index contributed by atoms with van der Waals surface area (Å²) in [4.78, 5) is 12.6. The van der Waals surface area contributed by atoms with Gasteiger partial charge in [0.25, 0.3) is 5.91 Å². The maximum absolute atomic E-state index is 12.6. The normalized spacial score (nSPS) is 15.7. The number of hydrogen-bond donors (Lipinski definition) is 1. The van der Waals surface area contributed by atoms with Gasteiger partial charge < -0.3 is 14.8 Å². The number of nitrogens with zero attached hydrogens (tertiary/aromatic N) is 3. The molecule has 0 fully saturated rings. The predicted molar refractivity (Wildman–Crippen MR) is 103 cm³/mol. The minimum Gasteiger partial charge on any atom is -0.497 e. The van der Waals surface area contributed by atoms with Crippen LogP contribution in [-0.2, 0) is 24.4 Å². The zero-order chi connectivity index (χ0) is 19.5. The van der Waals surface area contributed by atoms with Gasteiger partial charge in [-0.05, 0) is 35.7 Å². The Balaban J connectivity index is 1.44. The molecular weight excluding hydrogens is 356 g/mol. The van der Waals surface area contributed by atoms with Crippen molar-refractivity contribution < 1.29 is 14.3 Å². The van der Waals surface area contributed by atoms with Gasteiger partial charge in [0.05, 0.1) is 26.0 Å². The molecule has 3 aromatic rings. The molecule has 1 unspecified atom stereocenters. The molecule has 0 spiro atoms. The number of hydrogen-bond acceptors (Lipinski definition) is 5. The molecule has 144 valence electrons. The third-order valence-electron chi connectivity index (χ3n) is 5.00. The monoisotopic (exact) mass is 378 g/mol. The van der Waals surface area contributed by atoms with E-state index in [9.17, 15) is 4.79 Å². The number of aromatic nitrogens is 3. The Morgan fingerprint density at radius 3 is 2.79 bits per heavy atom. The molecule has 0 radical (unpaired) electrons. The quantitative estimate of drug-likeness (QED) is 0.739. The topological polar surface area (TPSA) is 78.3 Å². The molecule has 1 aromatic heterocycles. The number of fused-ring (bicyclic) bond motifs is 1. The van der Waals surface area contributed by atoms with Crippen molar-refractivity contribution in [1.29, 1.82) is 0 Å². The molecule has 1 amide bonds. The summed E-state index contributed by atoms with van der Waals surface area (Å²) in [5.74, 6) is 0.560. The van der Waals surface area contributed by atoms with E-state index in [-0.39, 0.29) is 18.6 Å². The molecule has 7 heteroatoms. The lowest BCUT2D eigenvalue weighted by Crippen LogP contribution is -2.27. The summed E-state index contributed by atoms with van der Waals surface area (Å²) in [6.45, 7) is 3.28. The molecule has 2 aromatic carbocycles. The number of benzene rings is 2. The average molecular weight is 378 g/mol. The van der Waals surface area contributed by atoms with Gasteiger partial charge in [-0.3, -0.25) is 4.79 Å². The summed E-state index contributed by atoms with van der Waals surface area (Å²) < 4.78 is 12.9. The van der Waals surface area contributed by atoms with Gasteiger partial charge >= 0.3 is 0 Å². The van der Waals surface area contributed by atoms with Gasteiger partial charge in [0, 0.05) is 6.54 Å². The lowest BCUT2D eigenvalue weighted by atomic mass is 10.1. The van der Waals surface area contributed by atoms with Gasteiger partial charge in [0.2, 0.25) is 0 Å². The fourth-order valence-corrected chi connectivity index (χ4v) is 3.28. The van der Waals surface area contributed by atoms with E-state index in [4.69, 9.17) is 9.47 Å². The molecule has 2 heterocycles. The number of amides is 1. The lowest BCUT2D eigenvalue weighted by Gasteiger charge is -2.24. The molecule has 0 aliphatic carbocycles. The first-order chi connectivity index (χ1) is 13.7. The van der Waals surface area contributed by atoms with Crippen molar-refractivity contribution in [2.75, 3.05) is 7.11 Å². The highest BCUT2D eigenvalue weighted by Gasteiger charge is 2.27. The second-order valence-electron chi connectivity index (χ2n) is 6.75. The van der Waals surface area contributed by atoms with E-state index in [0.717, 1.165) is 22.4 Å². The molecular formula is C21H22N4O3. The molecule has 1 aliphatic heterocycles. The Bertz CT molecular complexity index is 982. The number of methoxy groups -OCH3 is 1. The number of nitrogens with one attached hydrogen (secondary N) is 1. The van der Waals surface area contributed by atoms with E-state index in [1.807, 2.05) is 55.5 Å². The van der Waals surface area contributed by atoms with Gasteiger partial charge in [-0.15, -0.1) is 5.10 Å². The smallest absolute Gasteiger partial charge is 0.274 e. The van der Waals surface area contributed by atoms with Crippen molar-refractivity contribution in [2.24, 2.45) is 0 Å². The van der Waals surface area contributed by atoms with Crippen molar-refractivity contribution in [2.45, 2.75) is 32.7 Å². The summed E-state index contributed by atoms with van der Waals surface area (Å²) in [5.41, 5.74) is 4.27. The molecule has 1 atom stereocenters. The van der Waals surface area contributed by atoms with Gasteiger partial charge in [0.15, 0.2) is 5.69 Å². The van der Waals surface area contributed by atoms with E-state index >= 15 is 0 Å². The molecule has 1 aliphatic rings. The van der Waals surface area contributed by atoms with Crippen LogP contribution in [0.5, 0.6) is 5.75 Å². The zero-order valence-electron chi connectivity index (χ0n) is 15.9. The Morgan fingerprint density at radius 1 is 1.25 bits per heavy atom. The molecule has 0 bridgehead atoms. The summed E-state index contributed by atoms with van der Waals surface area (Å²) in [7, 11) is 1.64. The van der Waals surface area contributed by atoms with E-state index in [1.165, 1.54) is 0 Å². The number of carbonyl (C=O) groups excluding carboxylic acids is 1. The number of carbonyl (C=O) groups is 1. The van der Waals surface area contributed by atoms with Crippen molar-refractivity contribution in [3.05, 3.63) is 76.6 Å². The van der Waals surface area contributed by atoms with E-state index in [0.29, 0.717) is 24.5 Å². The van der Waals surface area contributed by atoms with E-state index in [2.05, 4.69) is 15.6 Å². The Morgan fingerprint density at radius 2 is 2.04 bits per heavy atom. The van der Waals surface area contributed by atoms with Gasteiger partial charge in [-0.1, -0.05) is 41.6 Å². The van der Waals surface area contributed by atoms with E-state index in [1.54, 1.807) is 11.8 Å². The third kappa shape index (κ3) is 3.61. The Hall–Kier alpha value is -3.19. The first-order valence-corrected chi connectivity index (χ1v) is 9.16. The summed E-state index contributed by atoms with van der Waals surface area (Å²) in [6, 6.07) is 15.7. The first kappa shape index (κ1) is 18.2. The van der Waals surface area contributed by atoms with Crippen LogP contribution < -0.4 is 10.1 Å². The highest BCUT2D eigenvalue weighted by atomic mass is 16.5. The second-order valence-corrected chi connectivity index (χ2v) is 6.75. The third-order valence-corrected chi connectivity index (χ3v) is 5.00. The van der Waals surface area contributed by atoms with Gasteiger partial charge in [-0.2, -0.15) is 0 Å². The number of ether oxygens (including phenoxy) is 2.